The Hall–Kier alpha value is -1.24. The van der Waals surface area contributed by atoms with Crippen LogP contribution >= 0.6 is 0 Å². The van der Waals surface area contributed by atoms with Crippen molar-refractivity contribution in [3.05, 3.63) is 0 Å². The molecule has 0 aliphatic rings. The first-order valence-electron chi connectivity index (χ1n) is 2.73. The maximum Gasteiger partial charge on any atom is 0.348 e. The van der Waals surface area contributed by atoms with Crippen LogP contribution in [0.3, 0.4) is 0 Å². The zero-order valence-corrected chi connectivity index (χ0v) is 8.00. The fourth-order valence-electron chi connectivity index (χ4n) is 0.365. The number of hydrazine groups is 1. The molecule has 0 heterocycles. The summed E-state index contributed by atoms with van der Waals surface area (Å²) in [6.45, 7) is 0. The smallest absolute Gasteiger partial charge is 0.348 e. The summed E-state index contributed by atoms with van der Waals surface area (Å²) in [6.07, 6.45) is 0. The van der Waals surface area contributed by atoms with E-state index in [-0.39, 0.29) is 4.41 Å². The van der Waals surface area contributed by atoms with E-state index >= 15 is 0 Å². The molecule has 14 heavy (non-hydrogen) atoms. The third-order valence-electron chi connectivity index (χ3n) is 0.739. The first-order chi connectivity index (χ1) is 6.34. The summed E-state index contributed by atoms with van der Waals surface area (Å²) in [7, 11) is 0. The highest BCUT2D eigenvalue weighted by molar-refractivity contribution is 7.78. The SMILES string of the molecule is NC(=O)N(NC(=O)NS(=O)O)S(=O)O. The summed E-state index contributed by atoms with van der Waals surface area (Å²) in [4.78, 5) is 21.0. The second kappa shape index (κ2) is 5.48. The Morgan fingerprint density at radius 1 is 1.29 bits per heavy atom. The van der Waals surface area contributed by atoms with Gasteiger partial charge in [-0.3, -0.25) is 9.11 Å². The van der Waals surface area contributed by atoms with Gasteiger partial charge in [-0.2, -0.15) is 0 Å². The lowest BCUT2D eigenvalue weighted by molar-refractivity contribution is 0.207. The zero-order valence-electron chi connectivity index (χ0n) is 6.37. The summed E-state index contributed by atoms with van der Waals surface area (Å²) < 4.78 is 38.1. The van der Waals surface area contributed by atoms with Crippen molar-refractivity contribution in [1.82, 2.24) is 14.6 Å². The summed E-state index contributed by atoms with van der Waals surface area (Å²) >= 11 is -5.52. The average Bonchev–Trinajstić information content (AvgIpc) is 1.97. The molecule has 0 aromatic carbocycles. The van der Waals surface area contributed by atoms with Crippen LogP contribution in [0.2, 0.25) is 0 Å². The summed E-state index contributed by atoms with van der Waals surface area (Å²) in [5.41, 5.74) is 6.02. The number of nitrogens with one attached hydrogen (secondary N) is 2. The number of hydrogen-bond acceptors (Lipinski definition) is 4. The number of hydrogen-bond donors (Lipinski definition) is 5. The standard InChI is InChI=1S/C2H6N4O6S2/c3-1(7)6(14(11)12)4-2(8)5-13(9)10/h(H2,3,7)(H,9,10)(H,11,12)(H2,4,5,8). The summed E-state index contributed by atoms with van der Waals surface area (Å²) in [5.74, 6) is 0. The lowest BCUT2D eigenvalue weighted by Gasteiger charge is -2.14. The van der Waals surface area contributed by atoms with Crippen molar-refractivity contribution < 1.29 is 27.1 Å². The van der Waals surface area contributed by atoms with Crippen LogP contribution in [0, 0.1) is 0 Å². The minimum Gasteiger partial charge on any atom is -0.349 e. The van der Waals surface area contributed by atoms with Gasteiger partial charge in [0.05, 0.1) is 0 Å². The molecule has 10 nitrogen and oxygen atoms in total. The zero-order chi connectivity index (χ0) is 11.3. The number of nitrogens with two attached hydrogens (primary N) is 1. The first kappa shape index (κ1) is 12.8. The molecule has 0 aliphatic carbocycles. The van der Waals surface area contributed by atoms with Crippen molar-refractivity contribution in [3.63, 3.8) is 0 Å². The fraction of sp³-hybridized carbons (Fsp3) is 0. The normalized spacial score (nSPS) is 13.9. The molecule has 0 aliphatic heterocycles. The van der Waals surface area contributed by atoms with E-state index in [4.69, 9.17) is 9.11 Å². The molecule has 0 fully saturated rings. The van der Waals surface area contributed by atoms with Crippen LogP contribution in [-0.4, -0.2) is 34.0 Å². The van der Waals surface area contributed by atoms with E-state index in [2.05, 4.69) is 5.73 Å². The minimum absolute atomic E-state index is 0.151. The number of primary amides is 1. The molecule has 0 spiro atoms. The van der Waals surface area contributed by atoms with Crippen molar-refractivity contribution in [3.8, 4) is 0 Å². The fourth-order valence-corrected chi connectivity index (χ4v) is 0.885. The van der Waals surface area contributed by atoms with E-state index in [0.29, 0.717) is 0 Å². The van der Waals surface area contributed by atoms with Crippen molar-refractivity contribution in [2.45, 2.75) is 0 Å². The number of carbonyl (C=O) groups is 2. The summed E-state index contributed by atoms with van der Waals surface area (Å²) in [6, 6.07) is -2.75. The first-order valence-corrected chi connectivity index (χ1v) is 4.90. The van der Waals surface area contributed by atoms with Crippen LogP contribution in [-0.2, 0) is 22.5 Å². The third kappa shape index (κ3) is 4.70. The van der Waals surface area contributed by atoms with Crippen LogP contribution in [0.25, 0.3) is 0 Å². The highest BCUT2D eigenvalue weighted by atomic mass is 32.2. The molecular formula is C2H6N4O6S2. The van der Waals surface area contributed by atoms with Gasteiger partial charge in [0.1, 0.15) is 0 Å². The Morgan fingerprint density at radius 2 is 1.79 bits per heavy atom. The minimum atomic E-state index is -2.86. The van der Waals surface area contributed by atoms with Crippen LogP contribution in [0.4, 0.5) is 9.59 Å². The number of rotatable bonds is 2. The van der Waals surface area contributed by atoms with E-state index in [0.717, 1.165) is 0 Å². The van der Waals surface area contributed by atoms with Gasteiger partial charge in [-0.05, 0) is 0 Å². The van der Waals surface area contributed by atoms with E-state index in [1.807, 2.05) is 0 Å². The Balaban J connectivity index is 4.31. The van der Waals surface area contributed by atoms with Gasteiger partial charge in [0.15, 0.2) is 0 Å². The lowest BCUT2D eigenvalue weighted by atomic mass is 11.1. The highest BCUT2D eigenvalue weighted by Crippen LogP contribution is 1.85. The molecule has 2 unspecified atom stereocenters. The maximum atomic E-state index is 10.6. The van der Waals surface area contributed by atoms with Gasteiger partial charge in [0, 0.05) is 0 Å². The van der Waals surface area contributed by atoms with Crippen molar-refractivity contribution >= 4 is 34.6 Å². The van der Waals surface area contributed by atoms with E-state index < -0.39 is 34.6 Å². The van der Waals surface area contributed by atoms with Crippen molar-refractivity contribution in [2.75, 3.05) is 0 Å². The van der Waals surface area contributed by atoms with Crippen molar-refractivity contribution in [2.24, 2.45) is 5.73 Å². The van der Waals surface area contributed by atoms with Crippen LogP contribution < -0.4 is 15.9 Å². The molecule has 82 valence electrons. The highest BCUT2D eigenvalue weighted by Gasteiger charge is 2.18. The Labute approximate surface area is 82.6 Å². The molecule has 6 N–H and O–H groups in total. The second-order valence-electron chi connectivity index (χ2n) is 1.66. The molecule has 0 aromatic rings. The Bertz CT molecular complexity index is 278. The van der Waals surface area contributed by atoms with Gasteiger partial charge >= 0.3 is 12.1 Å². The largest absolute Gasteiger partial charge is 0.349 e. The summed E-state index contributed by atoms with van der Waals surface area (Å²) in [5, 5.41) is 0. The van der Waals surface area contributed by atoms with Crippen LogP contribution in [0.15, 0.2) is 0 Å². The number of carbonyl (C=O) groups excluding carboxylic acids is 2. The van der Waals surface area contributed by atoms with E-state index in [1.54, 1.807) is 0 Å². The maximum absolute atomic E-state index is 10.6. The average molecular weight is 246 g/mol. The predicted molar refractivity (Wildman–Crippen MR) is 44.6 cm³/mol. The quantitative estimate of drug-likeness (QED) is 0.275. The van der Waals surface area contributed by atoms with E-state index in [1.165, 1.54) is 10.1 Å². The molecule has 0 radical (unpaired) electrons. The molecule has 12 heteroatoms. The Kier molecular flexibility index (Phi) is 5.00. The number of amides is 4. The Morgan fingerprint density at radius 3 is 2.07 bits per heavy atom. The molecule has 2 atom stereocenters. The number of nitrogens with zero attached hydrogens (tertiary/aromatic N) is 1. The molecule has 0 bridgehead atoms. The van der Waals surface area contributed by atoms with Crippen LogP contribution in [0.5, 0.6) is 0 Å². The van der Waals surface area contributed by atoms with Gasteiger partial charge < -0.3 is 5.73 Å². The topological polar surface area (TPSA) is 162 Å². The molecule has 0 rings (SSSR count). The predicted octanol–water partition coefficient (Wildman–Crippen LogP) is -2.15. The second-order valence-corrected chi connectivity index (χ2v) is 3.18. The lowest BCUT2D eigenvalue weighted by Crippen LogP contribution is -2.52. The number of urea groups is 2. The molecule has 4 amide bonds. The van der Waals surface area contributed by atoms with Gasteiger partial charge in [0.2, 0.25) is 0 Å². The van der Waals surface area contributed by atoms with Gasteiger partial charge in [-0.1, -0.05) is 0 Å². The monoisotopic (exact) mass is 246 g/mol. The van der Waals surface area contributed by atoms with Gasteiger partial charge in [-0.25, -0.2) is 28.2 Å². The molecule has 0 saturated heterocycles. The van der Waals surface area contributed by atoms with E-state index in [9.17, 15) is 18.0 Å². The van der Waals surface area contributed by atoms with Crippen molar-refractivity contribution in [1.29, 1.82) is 0 Å². The van der Waals surface area contributed by atoms with Gasteiger partial charge in [0.25, 0.3) is 22.5 Å². The molecular weight excluding hydrogens is 240 g/mol. The molecule has 0 saturated carbocycles. The third-order valence-corrected chi connectivity index (χ3v) is 1.68. The molecule has 0 aromatic heterocycles. The van der Waals surface area contributed by atoms with Crippen LogP contribution in [0.1, 0.15) is 0 Å². The van der Waals surface area contributed by atoms with Gasteiger partial charge in [-0.15, -0.1) is 4.41 Å².